The molecule has 0 spiro atoms. The van der Waals surface area contributed by atoms with E-state index >= 15 is 0 Å². The van der Waals surface area contributed by atoms with Crippen molar-refractivity contribution < 1.29 is 5.11 Å². The Morgan fingerprint density at radius 1 is 1.25 bits per heavy atom. The van der Waals surface area contributed by atoms with E-state index in [1.54, 1.807) is 0 Å². The molecule has 74 valence electrons. The van der Waals surface area contributed by atoms with Crippen molar-refractivity contribution in [2.45, 2.75) is 60.0 Å². The lowest BCUT2D eigenvalue weighted by atomic mass is 9.83. The Balaban J connectivity index is 3.67. The van der Waals surface area contributed by atoms with E-state index in [0.717, 1.165) is 12.8 Å². The van der Waals surface area contributed by atoms with Gasteiger partial charge in [-0.1, -0.05) is 41.0 Å². The first kappa shape index (κ1) is 12.0. The Labute approximate surface area is 77.2 Å². The summed E-state index contributed by atoms with van der Waals surface area (Å²) in [5.41, 5.74) is 0.399. The number of hydrogen-bond acceptors (Lipinski definition) is 1. The zero-order chi connectivity index (χ0) is 9.78. The van der Waals surface area contributed by atoms with E-state index in [1.807, 2.05) is 0 Å². The molecule has 1 nitrogen and oxygen atoms in total. The summed E-state index contributed by atoms with van der Waals surface area (Å²) in [5, 5.41) is 9.59. The van der Waals surface area contributed by atoms with Gasteiger partial charge in [0.05, 0.1) is 6.10 Å². The highest BCUT2D eigenvalue weighted by atomic mass is 16.3. The lowest BCUT2D eigenvalue weighted by Gasteiger charge is -2.25. The average molecular weight is 172 g/mol. The van der Waals surface area contributed by atoms with Crippen LogP contribution < -0.4 is 0 Å². The van der Waals surface area contributed by atoms with Crippen LogP contribution in [0.25, 0.3) is 0 Å². The van der Waals surface area contributed by atoms with Gasteiger partial charge in [-0.3, -0.25) is 0 Å². The van der Waals surface area contributed by atoms with Crippen LogP contribution >= 0.6 is 0 Å². The second kappa shape index (κ2) is 4.86. The van der Waals surface area contributed by atoms with Gasteiger partial charge in [0.1, 0.15) is 0 Å². The minimum absolute atomic E-state index is 0.115. The predicted octanol–water partition coefficient (Wildman–Crippen LogP) is 3.22. The minimum Gasteiger partial charge on any atom is -0.393 e. The third-order valence-electron chi connectivity index (χ3n) is 2.84. The standard InChI is InChI=1S/C11H24O/c1-6-11(4,5)8-7-10(12)9(2)3/h9-10,12H,6-8H2,1-5H3. The van der Waals surface area contributed by atoms with Crippen molar-refractivity contribution in [3.63, 3.8) is 0 Å². The summed E-state index contributed by atoms with van der Waals surface area (Å²) in [4.78, 5) is 0. The van der Waals surface area contributed by atoms with Crippen molar-refractivity contribution >= 4 is 0 Å². The first-order chi connectivity index (χ1) is 5.39. The molecule has 0 aliphatic carbocycles. The monoisotopic (exact) mass is 172 g/mol. The van der Waals surface area contributed by atoms with Gasteiger partial charge in [-0.05, 0) is 24.2 Å². The van der Waals surface area contributed by atoms with Gasteiger partial charge in [-0.15, -0.1) is 0 Å². The highest BCUT2D eigenvalue weighted by Gasteiger charge is 2.18. The van der Waals surface area contributed by atoms with Crippen LogP contribution in [0.1, 0.15) is 53.9 Å². The van der Waals surface area contributed by atoms with Crippen molar-refractivity contribution in [3.05, 3.63) is 0 Å². The fourth-order valence-electron chi connectivity index (χ4n) is 1.05. The van der Waals surface area contributed by atoms with Gasteiger partial charge >= 0.3 is 0 Å². The molecule has 1 heteroatoms. The van der Waals surface area contributed by atoms with Gasteiger partial charge < -0.3 is 5.11 Å². The summed E-state index contributed by atoms with van der Waals surface area (Å²) in [6.45, 7) is 10.9. The Kier molecular flexibility index (Phi) is 4.84. The third-order valence-corrected chi connectivity index (χ3v) is 2.84. The quantitative estimate of drug-likeness (QED) is 0.675. The van der Waals surface area contributed by atoms with Gasteiger partial charge in [-0.25, -0.2) is 0 Å². The summed E-state index contributed by atoms with van der Waals surface area (Å²) in [7, 11) is 0. The summed E-state index contributed by atoms with van der Waals surface area (Å²) in [6, 6.07) is 0. The maximum Gasteiger partial charge on any atom is 0.0563 e. The second-order valence-electron chi connectivity index (χ2n) is 4.87. The molecule has 0 bridgehead atoms. The Morgan fingerprint density at radius 3 is 2.08 bits per heavy atom. The van der Waals surface area contributed by atoms with E-state index < -0.39 is 0 Å². The highest BCUT2D eigenvalue weighted by Crippen LogP contribution is 2.27. The minimum atomic E-state index is -0.115. The van der Waals surface area contributed by atoms with Gasteiger partial charge in [0.25, 0.3) is 0 Å². The molecule has 0 aliphatic rings. The SMILES string of the molecule is CCC(C)(C)CCC(O)C(C)C. The number of hydrogen-bond donors (Lipinski definition) is 1. The third kappa shape index (κ3) is 4.76. The molecule has 0 rings (SSSR count). The van der Waals surface area contributed by atoms with Crippen LogP contribution in [0.4, 0.5) is 0 Å². The number of rotatable bonds is 5. The number of aliphatic hydroxyl groups excluding tert-OH is 1. The molecular weight excluding hydrogens is 148 g/mol. The molecule has 0 amide bonds. The van der Waals surface area contributed by atoms with E-state index in [-0.39, 0.29) is 6.10 Å². The molecule has 1 N–H and O–H groups in total. The maximum atomic E-state index is 9.59. The number of aliphatic hydroxyl groups is 1. The van der Waals surface area contributed by atoms with Gasteiger partial charge in [0, 0.05) is 0 Å². The van der Waals surface area contributed by atoms with E-state index in [4.69, 9.17) is 0 Å². The van der Waals surface area contributed by atoms with Gasteiger partial charge in [0.15, 0.2) is 0 Å². The molecule has 12 heavy (non-hydrogen) atoms. The molecule has 0 heterocycles. The Bertz CT molecular complexity index is 116. The fraction of sp³-hybridized carbons (Fsp3) is 1.00. The van der Waals surface area contributed by atoms with Crippen LogP contribution in [0.2, 0.25) is 0 Å². The van der Waals surface area contributed by atoms with Crippen LogP contribution in [0.15, 0.2) is 0 Å². The molecule has 0 saturated carbocycles. The van der Waals surface area contributed by atoms with Crippen LogP contribution in [-0.2, 0) is 0 Å². The van der Waals surface area contributed by atoms with Gasteiger partial charge in [0.2, 0.25) is 0 Å². The zero-order valence-electron chi connectivity index (χ0n) is 9.22. The fourth-order valence-corrected chi connectivity index (χ4v) is 1.05. The van der Waals surface area contributed by atoms with Crippen molar-refractivity contribution in [2.75, 3.05) is 0 Å². The normalized spacial score (nSPS) is 15.2. The van der Waals surface area contributed by atoms with Crippen LogP contribution in [0.3, 0.4) is 0 Å². The molecule has 1 atom stereocenters. The van der Waals surface area contributed by atoms with Crippen molar-refractivity contribution in [2.24, 2.45) is 11.3 Å². The van der Waals surface area contributed by atoms with Gasteiger partial charge in [-0.2, -0.15) is 0 Å². The molecule has 0 aliphatic heterocycles. The first-order valence-corrected chi connectivity index (χ1v) is 5.07. The summed E-state index contributed by atoms with van der Waals surface area (Å²) in [6.07, 6.45) is 3.15. The topological polar surface area (TPSA) is 20.2 Å². The van der Waals surface area contributed by atoms with Crippen molar-refractivity contribution in [3.8, 4) is 0 Å². The smallest absolute Gasteiger partial charge is 0.0563 e. The lowest BCUT2D eigenvalue weighted by Crippen LogP contribution is -2.19. The largest absolute Gasteiger partial charge is 0.393 e. The maximum absolute atomic E-state index is 9.59. The predicted molar refractivity (Wildman–Crippen MR) is 54.2 cm³/mol. The molecule has 0 fully saturated rings. The highest BCUT2D eigenvalue weighted by molar-refractivity contribution is 4.70. The van der Waals surface area contributed by atoms with E-state index in [9.17, 15) is 5.11 Å². The molecule has 1 unspecified atom stereocenters. The second-order valence-corrected chi connectivity index (χ2v) is 4.87. The molecule has 0 aromatic carbocycles. The van der Waals surface area contributed by atoms with E-state index in [1.165, 1.54) is 6.42 Å². The Morgan fingerprint density at radius 2 is 1.75 bits per heavy atom. The lowest BCUT2D eigenvalue weighted by molar-refractivity contribution is 0.0987. The van der Waals surface area contributed by atoms with E-state index in [0.29, 0.717) is 11.3 Å². The first-order valence-electron chi connectivity index (χ1n) is 5.07. The summed E-state index contributed by atoms with van der Waals surface area (Å²) >= 11 is 0. The van der Waals surface area contributed by atoms with Crippen LogP contribution in [0.5, 0.6) is 0 Å². The summed E-state index contributed by atoms with van der Waals surface area (Å²) < 4.78 is 0. The summed E-state index contributed by atoms with van der Waals surface area (Å²) in [5.74, 6) is 0.401. The van der Waals surface area contributed by atoms with Crippen LogP contribution in [0, 0.1) is 11.3 Å². The van der Waals surface area contributed by atoms with Crippen molar-refractivity contribution in [1.29, 1.82) is 0 Å². The molecular formula is C11H24O. The average Bonchev–Trinajstić information content (AvgIpc) is 2.00. The Hall–Kier alpha value is -0.0400. The molecule has 0 aromatic rings. The zero-order valence-corrected chi connectivity index (χ0v) is 9.22. The van der Waals surface area contributed by atoms with Crippen LogP contribution in [-0.4, -0.2) is 11.2 Å². The molecule has 0 aromatic heterocycles. The molecule has 0 radical (unpaired) electrons. The molecule has 0 saturated heterocycles. The van der Waals surface area contributed by atoms with Crippen molar-refractivity contribution in [1.82, 2.24) is 0 Å². The van der Waals surface area contributed by atoms with E-state index in [2.05, 4.69) is 34.6 Å².